The molecule has 17 heavy (non-hydrogen) atoms. The van der Waals surface area contributed by atoms with Gasteiger partial charge in [0.25, 0.3) is 0 Å². The van der Waals surface area contributed by atoms with Crippen LogP contribution in [0.3, 0.4) is 0 Å². The molecular weight excluding hydrogens is 206 g/mol. The lowest BCUT2D eigenvalue weighted by molar-refractivity contribution is 0.278. The van der Waals surface area contributed by atoms with Gasteiger partial charge in [0.1, 0.15) is 0 Å². The lowest BCUT2D eigenvalue weighted by Gasteiger charge is -2.30. The normalized spacial score (nSPS) is 14.1. The van der Waals surface area contributed by atoms with Crippen molar-refractivity contribution in [1.82, 2.24) is 0 Å². The molecule has 0 aliphatic heterocycles. The third kappa shape index (κ3) is 3.85. The molecule has 1 aromatic carbocycles. The van der Waals surface area contributed by atoms with Crippen molar-refractivity contribution in [3.05, 3.63) is 35.4 Å². The van der Waals surface area contributed by atoms with Crippen LogP contribution in [0.15, 0.2) is 24.3 Å². The largest absolute Gasteiger partial charge is 0.324 e. The summed E-state index contributed by atoms with van der Waals surface area (Å²) in [7, 11) is 0. The van der Waals surface area contributed by atoms with Crippen LogP contribution in [0.5, 0.6) is 0 Å². The van der Waals surface area contributed by atoms with Crippen molar-refractivity contribution in [2.45, 2.75) is 53.5 Å². The Morgan fingerprint density at radius 2 is 1.65 bits per heavy atom. The molecular formula is C16H27N. The predicted molar refractivity (Wildman–Crippen MR) is 76.0 cm³/mol. The molecule has 1 heteroatoms. The van der Waals surface area contributed by atoms with E-state index >= 15 is 0 Å². The molecule has 0 aromatic heterocycles. The number of benzene rings is 1. The van der Waals surface area contributed by atoms with E-state index in [0.29, 0.717) is 5.92 Å². The standard InChI is InChI=1S/C16H27N/c1-6-16(4,5)15(17)14-9-7-13(8-10-14)11-12(2)3/h7-10,12,15H,6,11,17H2,1-5H3. The highest BCUT2D eigenvalue weighted by Gasteiger charge is 2.25. The molecule has 0 saturated heterocycles. The van der Waals surface area contributed by atoms with Crippen LogP contribution in [0.2, 0.25) is 0 Å². The fraction of sp³-hybridized carbons (Fsp3) is 0.625. The van der Waals surface area contributed by atoms with Crippen LogP contribution < -0.4 is 5.73 Å². The van der Waals surface area contributed by atoms with Gasteiger partial charge in [0.05, 0.1) is 0 Å². The molecule has 0 aliphatic rings. The number of hydrogen-bond acceptors (Lipinski definition) is 1. The first-order chi connectivity index (χ1) is 7.86. The number of nitrogens with two attached hydrogens (primary N) is 1. The van der Waals surface area contributed by atoms with E-state index in [1.807, 2.05) is 0 Å². The van der Waals surface area contributed by atoms with E-state index in [2.05, 4.69) is 58.9 Å². The Kier molecular flexibility index (Phi) is 4.76. The van der Waals surface area contributed by atoms with Crippen LogP contribution in [0, 0.1) is 11.3 Å². The minimum atomic E-state index is 0.126. The lowest BCUT2D eigenvalue weighted by Crippen LogP contribution is -2.28. The first kappa shape index (κ1) is 14.2. The maximum atomic E-state index is 6.33. The molecule has 1 rings (SSSR count). The van der Waals surface area contributed by atoms with Crippen molar-refractivity contribution < 1.29 is 0 Å². The fourth-order valence-corrected chi connectivity index (χ4v) is 2.00. The lowest BCUT2D eigenvalue weighted by atomic mass is 9.79. The Hall–Kier alpha value is -0.820. The zero-order valence-electron chi connectivity index (χ0n) is 12.0. The summed E-state index contributed by atoms with van der Waals surface area (Å²) in [6, 6.07) is 8.96. The molecule has 1 nitrogen and oxygen atoms in total. The third-order valence-corrected chi connectivity index (χ3v) is 3.74. The molecule has 0 radical (unpaired) electrons. The summed E-state index contributed by atoms with van der Waals surface area (Å²) in [5, 5.41) is 0. The Morgan fingerprint density at radius 1 is 1.12 bits per heavy atom. The van der Waals surface area contributed by atoms with Gasteiger partial charge in [-0.05, 0) is 35.3 Å². The van der Waals surface area contributed by atoms with Crippen molar-refractivity contribution in [3.63, 3.8) is 0 Å². The van der Waals surface area contributed by atoms with Gasteiger partial charge in [-0.15, -0.1) is 0 Å². The molecule has 1 atom stereocenters. The highest BCUT2D eigenvalue weighted by molar-refractivity contribution is 5.26. The van der Waals surface area contributed by atoms with Crippen molar-refractivity contribution >= 4 is 0 Å². The van der Waals surface area contributed by atoms with Crippen LogP contribution in [-0.2, 0) is 6.42 Å². The molecule has 0 bridgehead atoms. The summed E-state index contributed by atoms with van der Waals surface area (Å²) in [4.78, 5) is 0. The van der Waals surface area contributed by atoms with Crippen molar-refractivity contribution in [2.24, 2.45) is 17.1 Å². The van der Waals surface area contributed by atoms with Crippen LogP contribution in [0.25, 0.3) is 0 Å². The molecule has 0 aliphatic carbocycles. The minimum Gasteiger partial charge on any atom is -0.324 e. The number of rotatable bonds is 5. The topological polar surface area (TPSA) is 26.0 Å². The highest BCUT2D eigenvalue weighted by Crippen LogP contribution is 2.34. The second kappa shape index (κ2) is 5.68. The van der Waals surface area contributed by atoms with Gasteiger partial charge >= 0.3 is 0 Å². The molecule has 0 amide bonds. The van der Waals surface area contributed by atoms with E-state index in [1.54, 1.807) is 0 Å². The maximum absolute atomic E-state index is 6.33. The monoisotopic (exact) mass is 233 g/mol. The second-order valence-corrected chi connectivity index (χ2v) is 6.16. The second-order valence-electron chi connectivity index (χ2n) is 6.16. The van der Waals surface area contributed by atoms with Crippen LogP contribution >= 0.6 is 0 Å². The third-order valence-electron chi connectivity index (χ3n) is 3.74. The van der Waals surface area contributed by atoms with E-state index in [0.717, 1.165) is 12.8 Å². The average molecular weight is 233 g/mol. The molecule has 0 spiro atoms. The molecule has 0 saturated carbocycles. The van der Waals surface area contributed by atoms with E-state index in [1.165, 1.54) is 11.1 Å². The summed E-state index contributed by atoms with van der Waals surface area (Å²) in [5.41, 5.74) is 9.16. The SMILES string of the molecule is CCC(C)(C)C(N)c1ccc(CC(C)C)cc1. The maximum Gasteiger partial charge on any atom is 0.0346 e. The fourth-order valence-electron chi connectivity index (χ4n) is 2.00. The Balaban J connectivity index is 2.80. The van der Waals surface area contributed by atoms with E-state index in [4.69, 9.17) is 5.73 Å². The summed E-state index contributed by atoms with van der Waals surface area (Å²) < 4.78 is 0. The van der Waals surface area contributed by atoms with Gasteiger partial charge < -0.3 is 5.73 Å². The van der Waals surface area contributed by atoms with Gasteiger partial charge in [0.2, 0.25) is 0 Å². The molecule has 0 fully saturated rings. The van der Waals surface area contributed by atoms with Gasteiger partial charge in [0.15, 0.2) is 0 Å². The highest BCUT2D eigenvalue weighted by atomic mass is 14.7. The molecule has 0 heterocycles. The Morgan fingerprint density at radius 3 is 2.06 bits per heavy atom. The first-order valence-corrected chi connectivity index (χ1v) is 6.71. The predicted octanol–water partition coefficient (Wildman–Crippen LogP) is 4.32. The van der Waals surface area contributed by atoms with Gasteiger partial charge in [-0.25, -0.2) is 0 Å². The summed E-state index contributed by atoms with van der Waals surface area (Å²) in [6.45, 7) is 11.2. The quantitative estimate of drug-likeness (QED) is 0.805. The number of hydrogen-bond donors (Lipinski definition) is 1. The van der Waals surface area contributed by atoms with Crippen LogP contribution in [-0.4, -0.2) is 0 Å². The van der Waals surface area contributed by atoms with E-state index in [9.17, 15) is 0 Å². The van der Waals surface area contributed by atoms with Gasteiger partial charge in [0, 0.05) is 6.04 Å². The van der Waals surface area contributed by atoms with Crippen molar-refractivity contribution in [1.29, 1.82) is 0 Å². The average Bonchev–Trinajstić information content (AvgIpc) is 2.28. The molecule has 1 aromatic rings. The van der Waals surface area contributed by atoms with Crippen LogP contribution in [0.1, 0.15) is 58.2 Å². The van der Waals surface area contributed by atoms with E-state index in [-0.39, 0.29) is 11.5 Å². The first-order valence-electron chi connectivity index (χ1n) is 6.71. The molecule has 2 N–H and O–H groups in total. The Labute approximate surface area is 106 Å². The summed E-state index contributed by atoms with van der Waals surface area (Å²) in [6.07, 6.45) is 2.24. The smallest absolute Gasteiger partial charge is 0.0346 e. The van der Waals surface area contributed by atoms with Crippen LogP contribution in [0.4, 0.5) is 0 Å². The van der Waals surface area contributed by atoms with E-state index < -0.39 is 0 Å². The summed E-state index contributed by atoms with van der Waals surface area (Å²) >= 11 is 0. The zero-order valence-corrected chi connectivity index (χ0v) is 12.0. The van der Waals surface area contributed by atoms with Gasteiger partial charge in [-0.2, -0.15) is 0 Å². The van der Waals surface area contributed by atoms with Crippen molar-refractivity contribution in [2.75, 3.05) is 0 Å². The van der Waals surface area contributed by atoms with Gasteiger partial charge in [-0.3, -0.25) is 0 Å². The minimum absolute atomic E-state index is 0.126. The van der Waals surface area contributed by atoms with Gasteiger partial charge in [-0.1, -0.05) is 58.9 Å². The Bertz CT molecular complexity index is 335. The van der Waals surface area contributed by atoms with Crippen molar-refractivity contribution in [3.8, 4) is 0 Å². The molecule has 1 unspecified atom stereocenters. The zero-order chi connectivity index (χ0) is 13.1. The summed E-state index contributed by atoms with van der Waals surface area (Å²) in [5.74, 6) is 0.710. The molecule has 96 valence electrons.